The van der Waals surface area contributed by atoms with Crippen LogP contribution in [0.4, 0.5) is 11.4 Å². The fourth-order valence-corrected chi connectivity index (χ4v) is 2.33. The SMILES string of the molecule is CC(=O)NC1CCN(c2cccc(C)c2N)C1. The van der Waals surface area contributed by atoms with Gasteiger partial charge < -0.3 is 16.0 Å². The predicted molar refractivity (Wildman–Crippen MR) is 70.0 cm³/mol. The second-order valence-electron chi connectivity index (χ2n) is 4.64. The molecule has 0 radical (unpaired) electrons. The van der Waals surface area contributed by atoms with E-state index < -0.39 is 0 Å². The van der Waals surface area contributed by atoms with E-state index in [-0.39, 0.29) is 11.9 Å². The van der Waals surface area contributed by atoms with Gasteiger partial charge in [-0.2, -0.15) is 0 Å². The molecule has 1 aliphatic heterocycles. The summed E-state index contributed by atoms with van der Waals surface area (Å²) < 4.78 is 0. The summed E-state index contributed by atoms with van der Waals surface area (Å²) in [6, 6.07) is 6.32. The summed E-state index contributed by atoms with van der Waals surface area (Å²) in [6.07, 6.45) is 0.979. The third-order valence-corrected chi connectivity index (χ3v) is 3.24. The highest BCUT2D eigenvalue weighted by molar-refractivity contribution is 5.74. The van der Waals surface area contributed by atoms with Crippen LogP contribution in [0.15, 0.2) is 18.2 Å². The van der Waals surface area contributed by atoms with Crippen LogP contribution in [0.2, 0.25) is 0 Å². The minimum absolute atomic E-state index is 0.0362. The van der Waals surface area contributed by atoms with E-state index in [2.05, 4.69) is 10.2 Å². The van der Waals surface area contributed by atoms with E-state index in [9.17, 15) is 4.79 Å². The van der Waals surface area contributed by atoms with Crippen molar-refractivity contribution in [1.29, 1.82) is 0 Å². The van der Waals surface area contributed by atoms with Crippen LogP contribution in [0, 0.1) is 6.92 Å². The van der Waals surface area contributed by atoms with Gasteiger partial charge in [0.1, 0.15) is 0 Å². The number of nitrogens with zero attached hydrogens (tertiary/aromatic N) is 1. The van der Waals surface area contributed by atoms with Crippen LogP contribution in [-0.2, 0) is 4.79 Å². The first-order valence-corrected chi connectivity index (χ1v) is 5.95. The Morgan fingerprint density at radius 3 is 3.00 bits per heavy atom. The largest absolute Gasteiger partial charge is 0.397 e. The number of rotatable bonds is 2. The highest BCUT2D eigenvalue weighted by Crippen LogP contribution is 2.28. The van der Waals surface area contributed by atoms with Crippen LogP contribution in [0.25, 0.3) is 0 Å². The molecular weight excluding hydrogens is 214 g/mol. The zero-order chi connectivity index (χ0) is 12.4. The van der Waals surface area contributed by atoms with Gasteiger partial charge in [0, 0.05) is 26.1 Å². The number of aryl methyl sites for hydroxylation is 1. The number of nitrogens with one attached hydrogen (secondary N) is 1. The Hall–Kier alpha value is -1.71. The Labute approximate surface area is 102 Å². The Bertz CT molecular complexity index is 431. The van der Waals surface area contributed by atoms with E-state index in [0.29, 0.717) is 0 Å². The smallest absolute Gasteiger partial charge is 0.217 e. The van der Waals surface area contributed by atoms with Crippen LogP contribution in [-0.4, -0.2) is 25.0 Å². The topological polar surface area (TPSA) is 58.4 Å². The average Bonchev–Trinajstić information content (AvgIpc) is 2.69. The third-order valence-electron chi connectivity index (χ3n) is 3.24. The van der Waals surface area contributed by atoms with Crippen LogP contribution >= 0.6 is 0 Å². The van der Waals surface area contributed by atoms with E-state index in [1.54, 1.807) is 6.92 Å². The Morgan fingerprint density at radius 1 is 1.53 bits per heavy atom. The van der Waals surface area contributed by atoms with Crippen molar-refractivity contribution in [2.45, 2.75) is 26.3 Å². The maximum Gasteiger partial charge on any atom is 0.217 e. The van der Waals surface area contributed by atoms with Gasteiger partial charge in [-0.1, -0.05) is 12.1 Å². The normalized spacial score (nSPS) is 19.4. The molecule has 0 bridgehead atoms. The first-order chi connectivity index (χ1) is 8.08. The molecule has 3 N–H and O–H groups in total. The molecule has 1 fully saturated rings. The van der Waals surface area contributed by atoms with Gasteiger partial charge in [-0.05, 0) is 25.0 Å². The molecule has 17 heavy (non-hydrogen) atoms. The van der Waals surface area contributed by atoms with Gasteiger partial charge in [-0.25, -0.2) is 0 Å². The van der Waals surface area contributed by atoms with Gasteiger partial charge >= 0.3 is 0 Å². The molecule has 1 atom stereocenters. The molecule has 0 aliphatic carbocycles. The van der Waals surface area contributed by atoms with Crippen LogP contribution in [0.1, 0.15) is 18.9 Å². The lowest BCUT2D eigenvalue weighted by Gasteiger charge is -2.21. The van der Waals surface area contributed by atoms with Gasteiger partial charge in [0.2, 0.25) is 5.91 Å². The monoisotopic (exact) mass is 233 g/mol. The number of hydrogen-bond donors (Lipinski definition) is 2. The van der Waals surface area contributed by atoms with Crippen molar-refractivity contribution in [3.05, 3.63) is 23.8 Å². The molecule has 92 valence electrons. The van der Waals surface area contributed by atoms with E-state index in [1.165, 1.54) is 0 Å². The highest BCUT2D eigenvalue weighted by Gasteiger charge is 2.24. The maximum atomic E-state index is 11.0. The summed E-state index contributed by atoms with van der Waals surface area (Å²) in [5.74, 6) is 0.0362. The fourth-order valence-electron chi connectivity index (χ4n) is 2.33. The number of carbonyl (C=O) groups is 1. The first kappa shape index (κ1) is 11.8. The van der Waals surface area contributed by atoms with Crippen molar-refractivity contribution in [1.82, 2.24) is 5.32 Å². The summed E-state index contributed by atoms with van der Waals surface area (Å²) in [5, 5.41) is 2.95. The molecule has 1 heterocycles. The number of hydrogen-bond acceptors (Lipinski definition) is 3. The Balaban J connectivity index is 2.10. The van der Waals surface area contributed by atoms with Crippen molar-refractivity contribution < 1.29 is 4.79 Å². The maximum absolute atomic E-state index is 11.0. The molecule has 1 unspecified atom stereocenters. The van der Waals surface area contributed by atoms with Crippen molar-refractivity contribution in [2.24, 2.45) is 0 Å². The molecule has 4 nitrogen and oxygen atoms in total. The number of anilines is 2. The number of amides is 1. The lowest BCUT2D eigenvalue weighted by molar-refractivity contribution is -0.119. The molecular formula is C13H19N3O. The minimum atomic E-state index is 0.0362. The Kier molecular flexibility index (Phi) is 3.22. The molecule has 2 rings (SSSR count). The summed E-state index contributed by atoms with van der Waals surface area (Å²) in [5.41, 5.74) is 9.11. The molecule has 1 saturated heterocycles. The van der Waals surface area contributed by atoms with Gasteiger partial charge in [0.05, 0.1) is 11.4 Å². The van der Waals surface area contributed by atoms with Crippen molar-refractivity contribution in [3.63, 3.8) is 0 Å². The zero-order valence-corrected chi connectivity index (χ0v) is 10.4. The molecule has 0 spiro atoms. The molecule has 1 aliphatic rings. The molecule has 0 saturated carbocycles. The lowest BCUT2D eigenvalue weighted by Crippen LogP contribution is -2.35. The van der Waals surface area contributed by atoms with E-state index in [1.807, 2.05) is 25.1 Å². The van der Waals surface area contributed by atoms with Crippen molar-refractivity contribution >= 4 is 17.3 Å². The van der Waals surface area contributed by atoms with E-state index in [4.69, 9.17) is 5.73 Å². The number of nitrogens with two attached hydrogens (primary N) is 1. The number of para-hydroxylation sites is 1. The van der Waals surface area contributed by atoms with Crippen LogP contribution < -0.4 is 16.0 Å². The quantitative estimate of drug-likeness (QED) is 0.757. The van der Waals surface area contributed by atoms with Crippen LogP contribution in [0.3, 0.4) is 0 Å². The fraction of sp³-hybridized carbons (Fsp3) is 0.462. The number of carbonyl (C=O) groups excluding carboxylic acids is 1. The lowest BCUT2D eigenvalue weighted by atomic mass is 10.1. The molecule has 1 aromatic rings. The average molecular weight is 233 g/mol. The van der Waals surface area contributed by atoms with Crippen molar-refractivity contribution in [3.8, 4) is 0 Å². The standard InChI is InChI=1S/C13H19N3O/c1-9-4-3-5-12(13(9)14)16-7-6-11(8-16)15-10(2)17/h3-5,11H,6-8,14H2,1-2H3,(H,15,17). The van der Waals surface area contributed by atoms with E-state index in [0.717, 1.165) is 36.4 Å². The Morgan fingerprint density at radius 2 is 2.29 bits per heavy atom. The highest BCUT2D eigenvalue weighted by atomic mass is 16.1. The second kappa shape index (κ2) is 4.65. The van der Waals surface area contributed by atoms with Gasteiger partial charge in [-0.15, -0.1) is 0 Å². The predicted octanol–water partition coefficient (Wildman–Crippen LogP) is 1.29. The zero-order valence-electron chi connectivity index (χ0n) is 10.4. The number of nitrogen functional groups attached to an aromatic ring is 1. The minimum Gasteiger partial charge on any atom is -0.397 e. The summed E-state index contributed by atoms with van der Waals surface area (Å²) in [7, 11) is 0. The second-order valence-corrected chi connectivity index (χ2v) is 4.64. The van der Waals surface area contributed by atoms with Crippen molar-refractivity contribution in [2.75, 3.05) is 23.7 Å². The summed E-state index contributed by atoms with van der Waals surface area (Å²) in [4.78, 5) is 13.2. The van der Waals surface area contributed by atoms with Gasteiger partial charge in [0.15, 0.2) is 0 Å². The van der Waals surface area contributed by atoms with E-state index >= 15 is 0 Å². The molecule has 0 aromatic heterocycles. The van der Waals surface area contributed by atoms with Crippen LogP contribution in [0.5, 0.6) is 0 Å². The third kappa shape index (κ3) is 2.52. The summed E-state index contributed by atoms with van der Waals surface area (Å²) >= 11 is 0. The molecule has 1 amide bonds. The summed E-state index contributed by atoms with van der Waals surface area (Å²) in [6.45, 7) is 5.36. The number of benzene rings is 1. The van der Waals surface area contributed by atoms with Gasteiger partial charge in [-0.3, -0.25) is 4.79 Å². The molecule has 1 aromatic carbocycles. The molecule has 4 heteroatoms. The van der Waals surface area contributed by atoms with Gasteiger partial charge in [0.25, 0.3) is 0 Å². The first-order valence-electron chi connectivity index (χ1n) is 5.95.